The molecule has 0 aliphatic rings. The predicted molar refractivity (Wildman–Crippen MR) is 92.2 cm³/mol. The maximum absolute atomic E-state index is 12.3. The fourth-order valence-corrected chi connectivity index (χ4v) is 1.91. The molecule has 0 atom stereocenters. The summed E-state index contributed by atoms with van der Waals surface area (Å²) in [6.07, 6.45) is 1.16. The Hall–Kier alpha value is -3.43. The molecule has 1 aromatic heterocycles. The van der Waals surface area contributed by atoms with Crippen LogP contribution in [0.25, 0.3) is 0 Å². The number of nitrogens with zero attached hydrogens (tertiary/aromatic N) is 3. The van der Waals surface area contributed by atoms with Gasteiger partial charge >= 0.3 is 5.69 Å². The zero-order valence-electron chi connectivity index (χ0n) is 13.7. The number of amides is 1. The van der Waals surface area contributed by atoms with Gasteiger partial charge in [0.25, 0.3) is 5.91 Å². The van der Waals surface area contributed by atoms with E-state index in [4.69, 9.17) is 16.2 Å². The Balaban J connectivity index is 2.28. The molecule has 1 heterocycles. The number of hydrogen-bond acceptors (Lipinski definition) is 8. The van der Waals surface area contributed by atoms with Crippen LogP contribution in [-0.2, 0) is 0 Å². The first-order valence-electron chi connectivity index (χ1n) is 7.38. The monoisotopic (exact) mass is 346 g/mol. The topological polar surface area (TPSA) is 159 Å². The second-order valence-corrected chi connectivity index (χ2v) is 5.62. The number of carbonyl (C=O) groups is 1. The highest BCUT2D eigenvalue weighted by Gasteiger charge is 2.20. The van der Waals surface area contributed by atoms with Gasteiger partial charge in [-0.05, 0) is 18.1 Å². The highest BCUT2D eigenvalue weighted by molar-refractivity contribution is 6.07. The van der Waals surface area contributed by atoms with E-state index in [0.29, 0.717) is 6.61 Å². The van der Waals surface area contributed by atoms with Gasteiger partial charge in [-0.2, -0.15) is 0 Å². The van der Waals surface area contributed by atoms with Crippen molar-refractivity contribution < 1.29 is 14.5 Å². The second kappa shape index (κ2) is 7.43. The molecule has 0 fully saturated rings. The number of nitrogen functional groups attached to an aromatic ring is 2. The molecule has 2 aromatic rings. The van der Waals surface area contributed by atoms with E-state index in [2.05, 4.69) is 15.3 Å². The third kappa shape index (κ3) is 4.31. The Morgan fingerprint density at radius 3 is 2.52 bits per heavy atom. The molecular formula is C15H18N6O4. The molecule has 1 amide bonds. The Bertz CT molecular complexity index is 788. The molecule has 0 spiro atoms. The van der Waals surface area contributed by atoms with Gasteiger partial charge in [-0.15, -0.1) is 0 Å². The molecule has 0 saturated carbocycles. The summed E-state index contributed by atoms with van der Waals surface area (Å²) in [5.74, 6) is -0.352. The third-order valence-electron chi connectivity index (χ3n) is 3.13. The first-order valence-corrected chi connectivity index (χ1v) is 7.38. The van der Waals surface area contributed by atoms with E-state index in [1.54, 1.807) is 0 Å². The molecule has 5 N–H and O–H groups in total. The van der Waals surface area contributed by atoms with E-state index in [1.807, 2.05) is 13.8 Å². The van der Waals surface area contributed by atoms with Gasteiger partial charge in [0.2, 0.25) is 0 Å². The maximum atomic E-state index is 12.3. The van der Waals surface area contributed by atoms with E-state index >= 15 is 0 Å². The summed E-state index contributed by atoms with van der Waals surface area (Å²) in [7, 11) is 0. The molecule has 132 valence electrons. The number of nitrogens with two attached hydrogens (primary N) is 2. The fraction of sp³-hybridized carbons (Fsp3) is 0.267. The van der Waals surface area contributed by atoms with Crippen LogP contribution in [0.1, 0.15) is 24.2 Å². The molecular weight excluding hydrogens is 328 g/mol. The molecule has 0 saturated heterocycles. The highest BCUT2D eigenvalue weighted by atomic mass is 16.6. The number of nitrogens with one attached hydrogen (secondary N) is 1. The van der Waals surface area contributed by atoms with Crippen molar-refractivity contribution in [2.24, 2.45) is 5.92 Å². The minimum Gasteiger partial charge on any atom is -0.487 e. The van der Waals surface area contributed by atoms with E-state index in [-0.39, 0.29) is 40.2 Å². The van der Waals surface area contributed by atoms with Crippen LogP contribution in [0, 0.1) is 16.0 Å². The number of nitro groups is 1. The molecule has 10 nitrogen and oxygen atoms in total. The molecule has 0 aliphatic heterocycles. The lowest BCUT2D eigenvalue weighted by molar-refractivity contribution is -0.385. The smallest absolute Gasteiger partial charge is 0.311 e. The van der Waals surface area contributed by atoms with Gasteiger partial charge < -0.3 is 21.5 Å². The highest BCUT2D eigenvalue weighted by Crippen LogP contribution is 2.29. The number of hydrogen-bond donors (Lipinski definition) is 3. The van der Waals surface area contributed by atoms with Gasteiger partial charge in [0.1, 0.15) is 12.0 Å². The number of ether oxygens (including phenoxy) is 1. The number of carbonyl (C=O) groups excluding carboxylic acids is 1. The van der Waals surface area contributed by atoms with Crippen molar-refractivity contribution in [3.05, 3.63) is 40.2 Å². The van der Waals surface area contributed by atoms with Crippen molar-refractivity contribution >= 4 is 28.9 Å². The van der Waals surface area contributed by atoms with E-state index < -0.39 is 10.8 Å². The van der Waals surface area contributed by atoms with Crippen LogP contribution in [0.4, 0.5) is 23.0 Å². The van der Waals surface area contributed by atoms with Crippen molar-refractivity contribution in [3.63, 3.8) is 0 Å². The standard InChI is InChI=1S/C15H18N6O4/c1-8(2)6-25-11-4-3-9(5-10(11)21(23)24)15(22)20-12-13(16)18-7-19-14(12)17/h3-5,7-8H,6H2,1-2H3,(H,20,22)(H4,16,17,18,19). The average Bonchev–Trinajstić information content (AvgIpc) is 2.56. The Morgan fingerprint density at radius 2 is 1.96 bits per heavy atom. The fourth-order valence-electron chi connectivity index (χ4n) is 1.91. The molecule has 1 aromatic carbocycles. The Morgan fingerprint density at radius 1 is 1.32 bits per heavy atom. The average molecular weight is 346 g/mol. The summed E-state index contributed by atoms with van der Waals surface area (Å²) in [4.78, 5) is 30.4. The lowest BCUT2D eigenvalue weighted by Crippen LogP contribution is -2.16. The van der Waals surface area contributed by atoms with Gasteiger partial charge in [0.15, 0.2) is 17.4 Å². The zero-order valence-corrected chi connectivity index (χ0v) is 13.7. The van der Waals surface area contributed by atoms with Crippen LogP contribution in [0.15, 0.2) is 24.5 Å². The zero-order chi connectivity index (χ0) is 18.6. The number of aromatic nitrogens is 2. The number of benzene rings is 1. The van der Waals surface area contributed by atoms with Crippen molar-refractivity contribution in [2.45, 2.75) is 13.8 Å². The van der Waals surface area contributed by atoms with Crippen LogP contribution < -0.4 is 21.5 Å². The van der Waals surface area contributed by atoms with Gasteiger partial charge in [0, 0.05) is 11.6 Å². The lowest BCUT2D eigenvalue weighted by Gasteiger charge is -2.11. The largest absolute Gasteiger partial charge is 0.487 e. The van der Waals surface area contributed by atoms with Gasteiger partial charge in [0.05, 0.1) is 11.5 Å². The summed E-state index contributed by atoms with van der Waals surface area (Å²) in [6.45, 7) is 4.16. The first-order chi connectivity index (χ1) is 11.8. The van der Waals surface area contributed by atoms with Crippen molar-refractivity contribution in [1.29, 1.82) is 0 Å². The molecule has 0 aliphatic carbocycles. The lowest BCUT2D eigenvalue weighted by atomic mass is 10.1. The number of anilines is 3. The minimum absolute atomic E-state index is 0.00719. The van der Waals surface area contributed by atoms with E-state index in [0.717, 1.165) is 12.4 Å². The van der Waals surface area contributed by atoms with Crippen LogP contribution in [0.2, 0.25) is 0 Å². The maximum Gasteiger partial charge on any atom is 0.311 e. The first kappa shape index (κ1) is 17.9. The summed E-state index contributed by atoms with van der Waals surface area (Å²) < 4.78 is 5.42. The second-order valence-electron chi connectivity index (χ2n) is 5.62. The van der Waals surface area contributed by atoms with Crippen LogP contribution in [-0.4, -0.2) is 27.4 Å². The van der Waals surface area contributed by atoms with Crippen molar-refractivity contribution in [3.8, 4) is 5.75 Å². The normalized spacial score (nSPS) is 10.5. The SMILES string of the molecule is CC(C)COc1ccc(C(=O)Nc2c(N)ncnc2N)cc1[N+](=O)[O-]. The molecule has 0 radical (unpaired) electrons. The molecule has 2 rings (SSSR count). The number of rotatable bonds is 6. The van der Waals surface area contributed by atoms with Crippen LogP contribution >= 0.6 is 0 Å². The van der Waals surface area contributed by atoms with Crippen molar-refractivity contribution in [2.75, 3.05) is 23.4 Å². The summed E-state index contributed by atoms with van der Waals surface area (Å²) >= 11 is 0. The van der Waals surface area contributed by atoms with Crippen LogP contribution in [0.3, 0.4) is 0 Å². The predicted octanol–water partition coefficient (Wildman–Crippen LogP) is 1.84. The molecule has 25 heavy (non-hydrogen) atoms. The summed E-state index contributed by atoms with van der Waals surface area (Å²) in [5.41, 5.74) is 11.1. The van der Waals surface area contributed by atoms with E-state index in [1.165, 1.54) is 12.1 Å². The molecule has 0 unspecified atom stereocenters. The van der Waals surface area contributed by atoms with Gasteiger partial charge in [-0.25, -0.2) is 9.97 Å². The van der Waals surface area contributed by atoms with Gasteiger partial charge in [-0.1, -0.05) is 13.8 Å². The summed E-state index contributed by atoms with van der Waals surface area (Å²) in [5, 5.41) is 13.7. The van der Waals surface area contributed by atoms with E-state index in [9.17, 15) is 14.9 Å². The van der Waals surface area contributed by atoms with Crippen LogP contribution in [0.5, 0.6) is 5.75 Å². The Kier molecular flexibility index (Phi) is 5.32. The number of nitro benzene ring substituents is 1. The van der Waals surface area contributed by atoms with Crippen molar-refractivity contribution in [1.82, 2.24) is 9.97 Å². The molecule has 10 heteroatoms. The summed E-state index contributed by atoms with van der Waals surface area (Å²) in [6, 6.07) is 3.92. The van der Waals surface area contributed by atoms with Gasteiger partial charge in [-0.3, -0.25) is 14.9 Å². The minimum atomic E-state index is -0.633. The Labute approximate surface area is 143 Å². The molecule has 0 bridgehead atoms. The quantitative estimate of drug-likeness (QED) is 0.527. The third-order valence-corrected chi connectivity index (χ3v) is 3.13.